The molecule has 0 radical (unpaired) electrons. The highest BCUT2D eigenvalue weighted by Crippen LogP contribution is 2.40. The lowest BCUT2D eigenvalue weighted by molar-refractivity contribution is -0.159. The first-order valence-corrected chi connectivity index (χ1v) is 35.4. The number of carbonyl (C=O) groups excluding carboxylic acids is 1. The number of hydrogen-bond acceptors (Lipinski definition) is 12. The molecular formula is C71H120ClF3N12O. The van der Waals surface area contributed by atoms with Crippen molar-refractivity contribution in [3.8, 4) is 0 Å². The zero-order chi connectivity index (χ0) is 63.5. The first-order chi connectivity index (χ1) is 42.1. The molecular weight excluding hydrogens is 1130 g/mol. The Kier molecular flexibility index (Phi) is 28.4. The molecule has 1 amide bonds. The third kappa shape index (κ3) is 20.4. The summed E-state index contributed by atoms with van der Waals surface area (Å²) in [6.07, 6.45) is 29.7. The van der Waals surface area contributed by atoms with Crippen LogP contribution in [-0.4, -0.2) is 162 Å². The molecule has 5 fully saturated rings. The molecule has 6 aliphatic rings. The van der Waals surface area contributed by atoms with Gasteiger partial charge in [-0.3, -0.25) is 14.7 Å². The highest BCUT2D eigenvalue weighted by Gasteiger charge is 2.54. The fourth-order valence-corrected chi connectivity index (χ4v) is 15.9. The second-order valence-corrected chi connectivity index (χ2v) is 28.7. The second-order valence-electron chi connectivity index (χ2n) is 28.3. The molecule has 498 valence electrons. The number of nitrogens with zero attached hydrogens (tertiary/aromatic N) is 6. The maximum absolute atomic E-state index is 14.7. The number of halogens is 4. The molecule has 17 heteroatoms. The van der Waals surface area contributed by atoms with Crippen LogP contribution in [0.25, 0.3) is 0 Å². The van der Waals surface area contributed by atoms with Gasteiger partial charge >= 0.3 is 6.18 Å². The Morgan fingerprint density at radius 2 is 1.56 bits per heavy atom. The van der Waals surface area contributed by atoms with E-state index in [2.05, 4.69) is 152 Å². The molecule has 13 nitrogen and oxygen atoms in total. The van der Waals surface area contributed by atoms with Crippen molar-refractivity contribution in [2.75, 3.05) is 66.5 Å². The van der Waals surface area contributed by atoms with Gasteiger partial charge in [0, 0.05) is 168 Å². The van der Waals surface area contributed by atoms with E-state index in [0.29, 0.717) is 43.0 Å². The number of aryl methyl sites for hydroxylation is 1. The Balaban J connectivity index is 1.18. The monoisotopic (exact) mass is 1250 g/mol. The van der Waals surface area contributed by atoms with Crippen molar-refractivity contribution in [1.82, 2.24) is 56.4 Å². The number of nitrogens with one attached hydrogen (secondary N) is 6. The fourth-order valence-electron chi connectivity index (χ4n) is 15.6. The maximum atomic E-state index is 14.7. The Bertz CT molecular complexity index is 2430. The molecule has 5 unspecified atom stereocenters. The van der Waals surface area contributed by atoms with Crippen LogP contribution < -0.4 is 31.9 Å². The summed E-state index contributed by atoms with van der Waals surface area (Å²) in [6, 6.07) is 6.05. The van der Waals surface area contributed by atoms with Crippen LogP contribution in [0.2, 0.25) is 5.02 Å². The van der Waals surface area contributed by atoms with E-state index in [1.165, 1.54) is 74.9 Å². The molecule has 4 heterocycles. The first-order valence-electron chi connectivity index (χ1n) is 35.0. The van der Waals surface area contributed by atoms with E-state index in [-0.39, 0.29) is 70.9 Å². The molecule has 88 heavy (non-hydrogen) atoms. The summed E-state index contributed by atoms with van der Waals surface area (Å²) in [5.41, 5.74) is 3.34. The standard InChI is InChI=1S/C71H120ClF3N12O/c1-13-51(5)65-45-80-64(42-50(3)4)53(7)79-46-67-68(69(88)85-38-21-16-22-39-85)56(10)87(67)66(14-2)54(8)82-70(32-19-20-33-70)49-77-36-35-76-34-31-59(29-27-58-28-30-62(63(72)44-58)71(73,74)75)78-37-41-83(11)47-61(43-57-24-17-15-18-25-57)84(12)48-60-26-23-40-86(60)55(9)52(6)81-65/h28,30-31,34,37,41,44,47-48,50-57,64-68,76-77,79-82H,13-27,29,32-33,35-36,38-40,42-43,45-46,49H2,1-12H3/t51-,52?,53?,54?,55-,56?,64-,65+,66-,67?,68-/m0/s1. The van der Waals surface area contributed by atoms with E-state index in [1.807, 2.05) is 24.7 Å². The molecule has 1 spiro atoms. The molecule has 11 atom stereocenters. The third-order valence-electron chi connectivity index (χ3n) is 21.2. The Labute approximate surface area is 536 Å². The molecule has 3 saturated heterocycles. The Hall–Kier alpha value is -3.64. The normalized spacial score (nSPS) is 30.2. The molecule has 7 rings (SSSR count). The van der Waals surface area contributed by atoms with Gasteiger partial charge in [0.25, 0.3) is 0 Å². The minimum atomic E-state index is -4.51. The number of alkyl halides is 3. The van der Waals surface area contributed by atoms with Crippen LogP contribution in [0.4, 0.5) is 13.2 Å². The molecule has 1 aromatic carbocycles. The van der Waals surface area contributed by atoms with Gasteiger partial charge < -0.3 is 51.5 Å². The zero-order valence-corrected chi connectivity index (χ0v) is 57.4. The lowest BCUT2D eigenvalue weighted by atomic mass is 9.76. The minimum absolute atomic E-state index is 0.0256. The number of fused-ring (bicyclic) bond motifs is 2. The topological polar surface area (TPSA) is 118 Å². The van der Waals surface area contributed by atoms with Crippen LogP contribution in [0.5, 0.6) is 0 Å². The van der Waals surface area contributed by atoms with Crippen molar-refractivity contribution in [1.29, 1.82) is 0 Å². The van der Waals surface area contributed by atoms with E-state index in [1.54, 1.807) is 0 Å². The molecule has 1 aromatic rings. The van der Waals surface area contributed by atoms with Gasteiger partial charge in [-0.1, -0.05) is 104 Å². The van der Waals surface area contributed by atoms with Crippen molar-refractivity contribution in [3.63, 3.8) is 0 Å². The van der Waals surface area contributed by atoms with E-state index in [0.717, 1.165) is 127 Å². The largest absolute Gasteiger partial charge is 0.417 e. The highest BCUT2D eigenvalue weighted by molar-refractivity contribution is 6.31. The molecule has 4 aliphatic heterocycles. The zero-order valence-electron chi connectivity index (χ0n) is 56.6. The molecule has 2 aliphatic carbocycles. The van der Waals surface area contributed by atoms with Gasteiger partial charge in [-0.2, -0.15) is 13.2 Å². The second kappa shape index (κ2) is 34.9. The van der Waals surface area contributed by atoms with Crippen LogP contribution in [0.15, 0.2) is 71.7 Å². The average molecular weight is 1250 g/mol. The minimum Gasteiger partial charge on any atom is -0.390 e. The number of aliphatic imine (C=N–C) groups is 1. The van der Waals surface area contributed by atoms with Gasteiger partial charge in [0.05, 0.1) is 16.5 Å². The molecule has 0 aromatic heterocycles. The van der Waals surface area contributed by atoms with Gasteiger partial charge in [0.2, 0.25) is 5.91 Å². The van der Waals surface area contributed by atoms with Gasteiger partial charge in [-0.05, 0) is 159 Å². The Morgan fingerprint density at radius 3 is 2.24 bits per heavy atom. The van der Waals surface area contributed by atoms with E-state index >= 15 is 0 Å². The highest BCUT2D eigenvalue weighted by atomic mass is 35.5. The smallest absolute Gasteiger partial charge is 0.390 e. The summed E-state index contributed by atoms with van der Waals surface area (Å²) in [7, 11) is 4.30. The lowest BCUT2D eigenvalue weighted by Crippen LogP contribution is -2.75. The number of hydrogen-bond donors (Lipinski definition) is 6. The maximum Gasteiger partial charge on any atom is 0.417 e. The molecule has 6 N–H and O–H groups in total. The third-order valence-corrected chi connectivity index (χ3v) is 21.6. The van der Waals surface area contributed by atoms with E-state index < -0.39 is 11.7 Å². The summed E-state index contributed by atoms with van der Waals surface area (Å²) in [4.78, 5) is 31.8. The van der Waals surface area contributed by atoms with Crippen molar-refractivity contribution < 1.29 is 18.0 Å². The number of piperidine rings is 1. The number of allylic oxidation sites excluding steroid dienone is 3. The predicted molar refractivity (Wildman–Crippen MR) is 361 cm³/mol. The van der Waals surface area contributed by atoms with Crippen LogP contribution in [0, 0.1) is 23.7 Å². The van der Waals surface area contributed by atoms with Crippen molar-refractivity contribution in [3.05, 3.63) is 82.8 Å². The number of carbonyl (C=O) groups is 1. The van der Waals surface area contributed by atoms with E-state index in [4.69, 9.17) is 16.6 Å². The summed E-state index contributed by atoms with van der Waals surface area (Å²) >= 11 is 6.20. The Morgan fingerprint density at radius 1 is 0.830 bits per heavy atom. The summed E-state index contributed by atoms with van der Waals surface area (Å²) in [5.74, 6) is 1.95. The summed E-state index contributed by atoms with van der Waals surface area (Å²) < 4.78 is 41.0. The molecule has 0 bridgehead atoms. The van der Waals surface area contributed by atoms with Crippen molar-refractivity contribution >= 4 is 23.2 Å². The van der Waals surface area contributed by atoms with Crippen LogP contribution in [0.1, 0.15) is 202 Å². The lowest BCUT2D eigenvalue weighted by Gasteiger charge is -2.59. The van der Waals surface area contributed by atoms with Gasteiger partial charge in [0.15, 0.2) is 0 Å². The van der Waals surface area contributed by atoms with Crippen LogP contribution in [0.3, 0.4) is 0 Å². The van der Waals surface area contributed by atoms with Crippen LogP contribution >= 0.6 is 11.6 Å². The predicted octanol–water partition coefficient (Wildman–Crippen LogP) is 13.1. The summed E-state index contributed by atoms with van der Waals surface area (Å²) in [6.45, 7) is 30.5. The number of benzene rings is 1. The van der Waals surface area contributed by atoms with Gasteiger partial charge in [-0.15, -0.1) is 0 Å². The van der Waals surface area contributed by atoms with Crippen molar-refractivity contribution in [2.24, 2.45) is 28.7 Å². The number of rotatable bonds is 11. The fraction of sp³-hybridized carbons (Fsp3) is 0.775. The SMILES string of the molecule is CC[C@H](C)[C@H]1CN[C@@H](CC(C)C)C(C)NCC2[C@@H](C(=O)N3CCCCC3)C(C)N2[C@@H](CC)C(C)NC2(CCCC2)CNCCNC=CC(CCc2ccc(C(F)(F)F)c(Cl)c2)=NC=CN(C)C=C(CC2CCCCC2)N(C)C=C2CCCN2[C@@H](C)C(C)N1. The van der Waals surface area contributed by atoms with Crippen molar-refractivity contribution in [2.45, 2.75) is 264 Å². The number of amides is 1. The quantitative estimate of drug-likeness (QED) is 0.127. The average Bonchev–Trinajstić information content (AvgIpc) is 0.873. The first kappa shape index (κ1) is 71.8. The van der Waals surface area contributed by atoms with Gasteiger partial charge in [0.1, 0.15) is 0 Å². The van der Waals surface area contributed by atoms with E-state index in [9.17, 15) is 18.0 Å². The number of likely N-dealkylation sites (tertiary alicyclic amines) is 1. The molecule has 2 saturated carbocycles. The van der Waals surface area contributed by atoms with Crippen LogP contribution in [-0.2, 0) is 17.4 Å². The summed E-state index contributed by atoms with van der Waals surface area (Å²) in [5, 5.41) is 23.9. The van der Waals surface area contributed by atoms with Gasteiger partial charge in [-0.25, -0.2) is 0 Å².